The third kappa shape index (κ3) is 9.06. The molecular formula is C13H21NO8. The molecule has 0 aromatic carbocycles. The predicted octanol–water partition coefficient (Wildman–Crippen LogP) is -1.35. The lowest BCUT2D eigenvalue weighted by Crippen LogP contribution is -2.44. The van der Waals surface area contributed by atoms with E-state index in [4.69, 9.17) is 14.6 Å². The van der Waals surface area contributed by atoms with E-state index in [9.17, 15) is 19.5 Å². The Labute approximate surface area is 128 Å². The van der Waals surface area contributed by atoms with Crippen LogP contribution in [0.1, 0.15) is 0 Å². The van der Waals surface area contributed by atoms with Gasteiger partial charge in [-0.3, -0.25) is 4.79 Å². The van der Waals surface area contributed by atoms with Crippen molar-refractivity contribution in [3.05, 3.63) is 12.2 Å². The molecular weight excluding hydrogens is 298 g/mol. The maximum atomic E-state index is 12.0. The second-order valence-electron chi connectivity index (χ2n) is 4.13. The normalized spacial score (nSPS) is 12.1. The zero-order valence-corrected chi connectivity index (χ0v) is 12.6. The van der Waals surface area contributed by atoms with Gasteiger partial charge in [0.15, 0.2) is 6.10 Å². The van der Waals surface area contributed by atoms with Crippen molar-refractivity contribution >= 4 is 17.8 Å². The highest BCUT2D eigenvalue weighted by molar-refractivity contribution is 5.91. The first-order chi connectivity index (χ1) is 10.4. The largest absolute Gasteiger partial charge is 0.478 e. The minimum absolute atomic E-state index is 0.253. The second kappa shape index (κ2) is 11.7. The molecule has 22 heavy (non-hydrogen) atoms. The molecule has 0 aliphatic rings. The fourth-order valence-electron chi connectivity index (χ4n) is 1.37. The molecule has 0 aromatic rings. The molecule has 2 N–H and O–H groups in total. The Balaban J connectivity index is 4.39. The molecule has 0 fully saturated rings. The highest BCUT2D eigenvalue weighted by Crippen LogP contribution is 1.98. The van der Waals surface area contributed by atoms with Crippen LogP contribution in [0.25, 0.3) is 0 Å². The van der Waals surface area contributed by atoms with Crippen LogP contribution in [-0.2, 0) is 28.6 Å². The van der Waals surface area contributed by atoms with E-state index in [0.717, 1.165) is 0 Å². The molecule has 0 rings (SSSR count). The van der Waals surface area contributed by atoms with Gasteiger partial charge in [-0.25, -0.2) is 9.59 Å². The molecule has 0 aliphatic heterocycles. The van der Waals surface area contributed by atoms with Gasteiger partial charge in [0, 0.05) is 39.5 Å². The number of aliphatic carboxylic acids is 1. The Bertz CT molecular complexity index is 388. The van der Waals surface area contributed by atoms with Crippen LogP contribution in [-0.4, -0.2) is 86.2 Å². The molecule has 9 nitrogen and oxygen atoms in total. The number of rotatable bonds is 11. The summed E-state index contributed by atoms with van der Waals surface area (Å²) in [6.07, 6.45) is -0.261. The van der Waals surface area contributed by atoms with Crippen molar-refractivity contribution in [2.45, 2.75) is 6.10 Å². The lowest BCUT2D eigenvalue weighted by molar-refractivity contribution is -0.150. The second-order valence-corrected chi connectivity index (χ2v) is 4.13. The van der Waals surface area contributed by atoms with Gasteiger partial charge in [0.25, 0.3) is 5.91 Å². The van der Waals surface area contributed by atoms with Gasteiger partial charge in [-0.05, 0) is 0 Å². The third-order valence-electron chi connectivity index (χ3n) is 2.47. The summed E-state index contributed by atoms with van der Waals surface area (Å²) in [5.41, 5.74) is 0. The summed E-state index contributed by atoms with van der Waals surface area (Å²) >= 11 is 0. The Hall–Kier alpha value is -1.97. The monoisotopic (exact) mass is 319 g/mol. The highest BCUT2D eigenvalue weighted by Gasteiger charge is 2.23. The maximum Gasteiger partial charge on any atom is 0.331 e. The molecule has 1 atom stereocenters. The maximum absolute atomic E-state index is 12.0. The summed E-state index contributed by atoms with van der Waals surface area (Å²) < 4.78 is 14.3. The van der Waals surface area contributed by atoms with Gasteiger partial charge in [-0.1, -0.05) is 0 Å². The summed E-state index contributed by atoms with van der Waals surface area (Å²) in [5.74, 6) is -2.91. The van der Waals surface area contributed by atoms with Gasteiger partial charge in [0.1, 0.15) is 6.61 Å². The SMILES string of the molecule is COCCN(CCOC)C(=O)C(O)COC(=O)/C=C/C(=O)O. The van der Waals surface area contributed by atoms with Crippen LogP contribution < -0.4 is 0 Å². The fraction of sp³-hybridized carbons (Fsp3) is 0.615. The molecule has 0 saturated heterocycles. The van der Waals surface area contributed by atoms with Gasteiger partial charge < -0.3 is 29.3 Å². The van der Waals surface area contributed by atoms with Gasteiger partial charge >= 0.3 is 11.9 Å². The van der Waals surface area contributed by atoms with E-state index in [2.05, 4.69) is 4.74 Å². The smallest absolute Gasteiger partial charge is 0.331 e. The van der Waals surface area contributed by atoms with Crippen molar-refractivity contribution in [2.24, 2.45) is 0 Å². The summed E-state index contributed by atoms with van der Waals surface area (Å²) in [7, 11) is 2.96. The standard InChI is InChI=1S/C13H21NO8/c1-20-7-5-14(6-8-21-2)13(19)10(15)9-22-12(18)4-3-11(16)17/h3-4,10,15H,5-9H2,1-2H3,(H,16,17)/b4-3+. The van der Waals surface area contributed by atoms with Gasteiger partial charge in [-0.15, -0.1) is 0 Å². The van der Waals surface area contributed by atoms with E-state index in [1.54, 1.807) is 0 Å². The fourth-order valence-corrected chi connectivity index (χ4v) is 1.37. The third-order valence-corrected chi connectivity index (χ3v) is 2.47. The van der Waals surface area contributed by atoms with Crippen LogP contribution in [0.4, 0.5) is 0 Å². The van der Waals surface area contributed by atoms with E-state index < -0.39 is 30.6 Å². The first-order valence-corrected chi connectivity index (χ1v) is 6.44. The minimum Gasteiger partial charge on any atom is -0.478 e. The van der Waals surface area contributed by atoms with Crippen molar-refractivity contribution in [3.63, 3.8) is 0 Å². The molecule has 0 heterocycles. The average Bonchev–Trinajstić information content (AvgIpc) is 2.50. The lowest BCUT2D eigenvalue weighted by atomic mass is 10.3. The number of carbonyl (C=O) groups is 3. The number of carbonyl (C=O) groups excluding carboxylic acids is 2. The van der Waals surface area contributed by atoms with Crippen molar-refractivity contribution in [1.29, 1.82) is 0 Å². The predicted molar refractivity (Wildman–Crippen MR) is 74.1 cm³/mol. The van der Waals surface area contributed by atoms with Crippen LogP contribution in [0.3, 0.4) is 0 Å². The number of ether oxygens (including phenoxy) is 3. The average molecular weight is 319 g/mol. The molecule has 0 saturated carbocycles. The Morgan fingerprint density at radius 2 is 1.64 bits per heavy atom. The number of nitrogens with zero attached hydrogens (tertiary/aromatic N) is 1. The summed E-state index contributed by atoms with van der Waals surface area (Å²) in [6.45, 7) is 0.496. The molecule has 1 amide bonds. The number of amides is 1. The summed E-state index contributed by atoms with van der Waals surface area (Å²) in [5, 5.41) is 18.1. The van der Waals surface area contributed by atoms with Crippen LogP contribution in [0, 0.1) is 0 Å². The molecule has 0 radical (unpaired) electrons. The van der Waals surface area contributed by atoms with Crippen LogP contribution in [0.5, 0.6) is 0 Å². The Morgan fingerprint density at radius 3 is 2.09 bits per heavy atom. The van der Waals surface area contributed by atoms with Crippen LogP contribution >= 0.6 is 0 Å². The summed E-state index contributed by atoms with van der Waals surface area (Å²) in [4.78, 5) is 34.7. The van der Waals surface area contributed by atoms with Crippen LogP contribution in [0.15, 0.2) is 12.2 Å². The first-order valence-electron chi connectivity index (χ1n) is 6.44. The number of carboxylic acids is 1. The number of esters is 1. The Kier molecular flexibility index (Phi) is 10.6. The zero-order chi connectivity index (χ0) is 17.0. The first kappa shape index (κ1) is 20.0. The topological polar surface area (TPSA) is 123 Å². The molecule has 1 unspecified atom stereocenters. The number of aliphatic hydroxyl groups is 1. The van der Waals surface area contributed by atoms with E-state index >= 15 is 0 Å². The molecule has 126 valence electrons. The lowest BCUT2D eigenvalue weighted by Gasteiger charge is -2.24. The number of hydrogen-bond donors (Lipinski definition) is 2. The number of aliphatic hydroxyl groups excluding tert-OH is 1. The molecule has 0 bridgehead atoms. The number of carboxylic acid groups (broad SMARTS) is 1. The molecule has 9 heteroatoms. The molecule has 0 aromatic heterocycles. The quantitative estimate of drug-likeness (QED) is 0.354. The van der Waals surface area contributed by atoms with E-state index in [0.29, 0.717) is 12.2 Å². The summed E-state index contributed by atoms with van der Waals surface area (Å²) in [6, 6.07) is 0. The van der Waals surface area contributed by atoms with Crippen molar-refractivity contribution in [1.82, 2.24) is 4.90 Å². The van der Waals surface area contributed by atoms with Crippen molar-refractivity contribution in [2.75, 3.05) is 47.1 Å². The minimum atomic E-state index is -1.55. The van der Waals surface area contributed by atoms with Gasteiger partial charge in [0.2, 0.25) is 0 Å². The van der Waals surface area contributed by atoms with Crippen molar-refractivity contribution in [3.8, 4) is 0 Å². The highest BCUT2D eigenvalue weighted by atomic mass is 16.5. The van der Waals surface area contributed by atoms with E-state index in [1.807, 2.05) is 0 Å². The number of hydrogen-bond acceptors (Lipinski definition) is 7. The van der Waals surface area contributed by atoms with Crippen molar-refractivity contribution < 1.29 is 38.8 Å². The van der Waals surface area contributed by atoms with Crippen LogP contribution in [0.2, 0.25) is 0 Å². The number of methoxy groups -OCH3 is 2. The van der Waals surface area contributed by atoms with Gasteiger partial charge in [-0.2, -0.15) is 0 Å². The molecule has 0 spiro atoms. The zero-order valence-electron chi connectivity index (χ0n) is 12.6. The van der Waals surface area contributed by atoms with E-state index in [1.165, 1.54) is 19.1 Å². The molecule has 0 aliphatic carbocycles. The Morgan fingerprint density at radius 1 is 1.09 bits per heavy atom. The van der Waals surface area contributed by atoms with E-state index in [-0.39, 0.29) is 26.3 Å². The van der Waals surface area contributed by atoms with Gasteiger partial charge in [0.05, 0.1) is 13.2 Å².